The van der Waals surface area contributed by atoms with Crippen LogP contribution in [0, 0.1) is 6.92 Å². The first-order valence-corrected chi connectivity index (χ1v) is 6.70. The SMILES string of the molecule is Cc1noc2nc(C(C)C)cc(C(=O)NCCCO)c12. The molecule has 0 aromatic carbocycles. The van der Waals surface area contributed by atoms with E-state index in [0.29, 0.717) is 35.3 Å². The third kappa shape index (κ3) is 2.80. The van der Waals surface area contributed by atoms with Gasteiger partial charge in [-0.25, -0.2) is 4.98 Å². The van der Waals surface area contributed by atoms with Crippen molar-refractivity contribution in [2.75, 3.05) is 13.2 Å². The number of aliphatic hydroxyl groups is 1. The molecule has 6 heteroatoms. The van der Waals surface area contributed by atoms with Crippen molar-refractivity contribution in [1.29, 1.82) is 0 Å². The van der Waals surface area contributed by atoms with E-state index in [0.717, 1.165) is 5.69 Å². The third-order valence-corrected chi connectivity index (χ3v) is 3.09. The Morgan fingerprint density at radius 2 is 2.25 bits per heavy atom. The number of amides is 1. The van der Waals surface area contributed by atoms with Gasteiger partial charge in [0.2, 0.25) is 0 Å². The number of nitrogens with zero attached hydrogens (tertiary/aromatic N) is 2. The Labute approximate surface area is 117 Å². The molecule has 0 spiro atoms. The van der Waals surface area contributed by atoms with Gasteiger partial charge in [0, 0.05) is 18.8 Å². The summed E-state index contributed by atoms with van der Waals surface area (Å²) < 4.78 is 5.17. The Balaban J connectivity index is 2.43. The number of fused-ring (bicyclic) bond motifs is 1. The number of aliphatic hydroxyl groups excluding tert-OH is 1. The van der Waals surface area contributed by atoms with Crippen molar-refractivity contribution >= 4 is 17.0 Å². The average Bonchev–Trinajstić information content (AvgIpc) is 2.79. The summed E-state index contributed by atoms with van der Waals surface area (Å²) in [7, 11) is 0. The molecule has 1 amide bonds. The second-order valence-electron chi connectivity index (χ2n) is 5.03. The molecule has 0 fully saturated rings. The van der Waals surface area contributed by atoms with E-state index in [1.165, 1.54) is 0 Å². The summed E-state index contributed by atoms with van der Waals surface area (Å²) in [5.41, 5.74) is 2.35. The summed E-state index contributed by atoms with van der Waals surface area (Å²) in [6.07, 6.45) is 0.527. The largest absolute Gasteiger partial charge is 0.396 e. The number of nitrogens with one attached hydrogen (secondary N) is 1. The van der Waals surface area contributed by atoms with Gasteiger partial charge in [-0.2, -0.15) is 0 Å². The highest BCUT2D eigenvalue weighted by atomic mass is 16.5. The minimum atomic E-state index is -0.195. The highest BCUT2D eigenvalue weighted by molar-refractivity contribution is 6.06. The maximum absolute atomic E-state index is 12.3. The fourth-order valence-corrected chi connectivity index (χ4v) is 1.96. The molecule has 0 atom stereocenters. The Morgan fingerprint density at radius 3 is 2.90 bits per heavy atom. The van der Waals surface area contributed by atoms with Crippen LogP contribution in [-0.4, -0.2) is 34.3 Å². The topological polar surface area (TPSA) is 88.2 Å². The predicted octanol–water partition coefficient (Wildman–Crippen LogP) is 1.77. The van der Waals surface area contributed by atoms with Crippen molar-refractivity contribution in [3.05, 3.63) is 23.0 Å². The lowest BCUT2D eigenvalue weighted by Gasteiger charge is -2.09. The van der Waals surface area contributed by atoms with Crippen LogP contribution in [0.5, 0.6) is 0 Å². The molecule has 0 unspecified atom stereocenters. The van der Waals surface area contributed by atoms with E-state index in [1.54, 1.807) is 13.0 Å². The summed E-state index contributed by atoms with van der Waals surface area (Å²) in [5.74, 6) is -0.00662. The standard InChI is InChI=1S/C14H19N3O3/c1-8(2)11-7-10(13(19)15-5-4-6-18)12-9(3)17-20-14(12)16-11/h7-8,18H,4-6H2,1-3H3,(H,15,19). The monoisotopic (exact) mass is 277 g/mol. The van der Waals surface area contributed by atoms with Gasteiger partial charge in [0.1, 0.15) is 0 Å². The van der Waals surface area contributed by atoms with Crippen LogP contribution in [0.3, 0.4) is 0 Å². The van der Waals surface area contributed by atoms with Crippen LogP contribution in [0.4, 0.5) is 0 Å². The maximum atomic E-state index is 12.3. The molecule has 108 valence electrons. The number of aromatic nitrogens is 2. The van der Waals surface area contributed by atoms with Gasteiger partial charge in [-0.1, -0.05) is 19.0 Å². The summed E-state index contributed by atoms with van der Waals surface area (Å²) >= 11 is 0. The van der Waals surface area contributed by atoms with Crippen molar-refractivity contribution < 1.29 is 14.4 Å². The molecule has 6 nitrogen and oxygen atoms in total. The van der Waals surface area contributed by atoms with Crippen LogP contribution >= 0.6 is 0 Å². The number of hydrogen-bond acceptors (Lipinski definition) is 5. The molecule has 0 saturated heterocycles. The predicted molar refractivity (Wildman–Crippen MR) is 74.7 cm³/mol. The van der Waals surface area contributed by atoms with Crippen molar-refractivity contribution in [1.82, 2.24) is 15.5 Å². The van der Waals surface area contributed by atoms with Gasteiger partial charge < -0.3 is 14.9 Å². The summed E-state index contributed by atoms with van der Waals surface area (Å²) in [4.78, 5) is 16.7. The van der Waals surface area contributed by atoms with Crippen LogP contribution in [0.15, 0.2) is 10.6 Å². The molecular weight excluding hydrogens is 258 g/mol. The minimum Gasteiger partial charge on any atom is -0.396 e. The fourth-order valence-electron chi connectivity index (χ4n) is 1.96. The first-order valence-electron chi connectivity index (χ1n) is 6.70. The molecule has 2 heterocycles. The Kier molecular flexibility index (Phi) is 4.34. The quantitative estimate of drug-likeness (QED) is 0.813. The molecule has 0 saturated carbocycles. The van der Waals surface area contributed by atoms with Crippen LogP contribution in [-0.2, 0) is 0 Å². The molecular formula is C14H19N3O3. The Hall–Kier alpha value is -1.95. The second kappa shape index (κ2) is 6.00. The number of hydrogen-bond donors (Lipinski definition) is 2. The first kappa shape index (κ1) is 14.5. The van der Waals surface area contributed by atoms with Gasteiger partial charge in [-0.3, -0.25) is 4.79 Å². The molecule has 20 heavy (non-hydrogen) atoms. The number of aryl methyl sites for hydroxylation is 1. The lowest BCUT2D eigenvalue weighted by Crippen LogP contribution is -2.25. The number of rotatable bonds is 5. The summed E-state index contributed by atoms with van der Waals surface area (Å²) in [6.45, 7) is 6.28. The minimum absolute atomic E-state index is 0.0512. The molecule has 2 rings (SSSR count). The van der Waals surface area contributed by atoms with Crippen molar-refractivity contribution in [2.45, 2.75) is 33.1 Å². The highest BCUT2D eigenvalue weighted by Gasteiger charge is 2.19. The Morgan fingerprint density at radius 1 is 1.50 bits per heavy atom. The Bertz CT molecular complexity index is 619. The lowest BCUT2D eigenvalue weighted by molar-refractivity contribution is 0.0952. The van der Waals surface area contributed by atoms with E-state index >= 15 is 0 Å². The van der Waals surface area contributed by atoms with Crippen molar-refractivity contribution in [3.8, 4) is 0 Å². The normalized spacial score (nSPS) is 11.2. The third-order valence-electron chi connectivity index (χ3n) is 3.09. The van der Waals surface area contributed by atoms with E-state index in [9.17, 15) is 4.79 Å². The van der Waals surface area contributed by atoms with E-state index < -0.39 is 0 Å². The highest BCUT2D eigenvalue weighted by Crippen LogP contribution is 2.24. The van der Waals surface area contributed by atoms with E-state index in [2.05, 4.69) is 15.5 Å². The molecule has 0 aliphatic rings. The van der Waals surface area contributed by atoms with Gasteiger partial charge in [0.25, 0.3) is 11.6 Å². The number of carbonyl (C=O) groups is 1. The number of pyridine rings is 1. The van der Waals surface area contributed by atoms with Gasteiger partial charge >= 0.3 is 0 Å². The van der Waals surface area contributed by atoms with E-state index in [1.807, 2.05) is 13.8 Å². The smallest absolute Gasteiger partial charge is 0.259 e. The molecule has 2 aromatic heterocycles. The average molecular weight is 277 g/mol. The van der Waals surface area contributed by atoms with Gasteiger partial charge in [-0.05, 0) is 25.3 Å². The lowest BCUT2D eigenvalue weighted by atomic mass is 10.0. The zero-order valence-corrected chi connectivity index (χ0v) is 11.9. The van der Waals surface area contributed by atoms with Gasteiger partial charge in [0.05, 0.1) is 16.6 Å². The molecule has 2 aromatic rings. The first-order chi connectivity index (χ1) is 9.54. The van der Waals surface area contributed by atoms with Crippen molar-refractivity contribution in [3.63, 3.8) is 0 Å². The van der Waals surface area contributed by atoms with Crippen LogP contribution in [0.25, 0.3) is 11.1 Å². The van der Waals surface area contributed by atoms with E-state index in [4.69, 9.17) is 9.63 Å². The van der Waals surface area contributed by atoms with Crippen molar-refractivity contribution in [2.24, 2.45) is 0 Å². The van der Waals surface area contributed by atoms with Gasteiger partial charge in [-0.15, -0.1) is 0 Å². The van der Waals surface area contributed by atoms with Crippen LogP contribution in [0.1, 0.15) is 47.9 Å². The van der Waals surface area contributed by atoms with Crippen LogP contribution < -0.4 is 5.32 Å². The molecule has 0 aliphatic heterocycles. The van der Waals surface area contributed by atoms with E-state index in [-0.39, 0.29) is 18.4 Å². The zero-order chi connectivity index (χ0) is 14.7. The zero-order valence-electron chi connectivity index (χ0n) is 11.9. The van der Waals surface area contributed by atoms with Gasteiger partial charge in [0.15, 0.2) is 0 Å². The molecule has 0 radical (unpaired) electrons. The van der Waals surface area contributed by atoms with Crippen LogP contribution in [0.2, 0.25) is 0 Å². The summed E-state index contributed by atoms with van der Waals surface area (Å²) in [6, 6.07) is 1.78. The molecule has 2 N–H and O–H groups in total. The number of carbonyl (C=O) groups excluding carboxylic acids is 1. The second-order valence-corrected chi connectivity index (χ2v) is 5.03. The fraction of sp³-hybridized carbons (Fsp3) is 0.500. The molecule has 0 bridgehead atoms. The summed E-state index contributed by atoms with van der Waals surface area (Å²) in [5, 5.41) is 16.1. The molecule has 0 aliphatic carbocycles. The maximum Gasteiger partial charge on any atom is 0.259 e.